The lowest BCUT2D eigenvalue weighted by molar-refractivity contribution is -0.141. The Labute approximate surface area is 105 Å². The number of carboxylic acid groups (broad SMARTS) is 1. The normalized spacial score (nSPS) is 24.6. The Hall–Kier alpha value is -1.85. The molecule has 0 spiro atoms. The Balaban J connectivity index is 2.02. The summed E-state index contributed by atoms with van der Waals surface area (Å²) < 4.78 is 0. The van der Waals surface area contributed by atoms with Crippen LogP contribution in [0.5, 0.6) is 0 Å². The third-order valence-electron chi connectivity index (χ3n) is 3.71. The van der Waals surface area contributed by atoms with Gasteiger partial charge in [-0.25, -0.2) is 0 Å². The summed E-state index contributed by atoms with van der Waals surface area (Å²) in [5, 5.41) is 15.6. The highest BCUT2D eigenvalue weighted by molar-refractivity contribution is 5.91. The molecule has 0 bridgehead atoms. The number of hydrogen-bond acceptors (Lipinski definition) is 3. The van der Waals surface area contributed by atoms with E-state index in [-0.39, 0.29) is 5.91 Å². The first kappa shape index (κ1) is 12.6. The van der Waals surface area contributed by atoms with E-state index in [9.17, 15) is 9.59 Å². The fraction of sp³-hybridized carbons (Fsp3) is 0.583. The fourth-order valence-corrected chi connectivity index (χ4v) is 2.51. The van der Waals surface area contributed by atoms with Crippen molar-refractivity contribution < 1.29 is 14.7 Å². The molecule has 1 fully saturated rings. The molecule has 1 aliphatic rings. The second-order valence-electron chi connectivity index (χ2n) is 5.42. The van der Waals surface area contributed by atoms with E-state index in [1.807, 2.05) is 13.8 Å². The first-order valence-corrected chi connectivity index (χ1v) is 5.81. The van der Waals surface area contributed by atoms with Crippen LogP contribution in [-0.4, -0.2) is 39.1 Å². The largest absolute Gasteiger partial charge is 0.481 e. The topological polar surface area (TPSA) is 86.3 Å². The van der Waals surface area contributed by atoms with Gasteiger partial charge in [0, 0.05) is 25.4 Å². The second-order valence-corrected chi connectivity index (χ2v) is 5.42. The van der Waals surface area contributed by atoms with Crippen LogP contribution in [0.4, 0.5) is 0 Å². The number of H-pyrrole nitrogens is 1. The van der Waals surface area contributed by atoms with Gasteiger partial charge in [-0.05, 0) is 5.41 Å². The lowest BCUT2D eigenvalue weighted by Gasteiger charge is -2.16. The predicted molar refractivity (Wildman–Crippen MR) is 63.5 cm³/mol. The van der Waals surface area contributed by atoms with Crippen molar-refractivity contribution in [1.29, 1.82) is 0 Å². The molecule has 6 nitrogen and oxygen atoms in total. The molecule has 2 rings (SSSR count). The van der Waals surface area contributed by atoms with Crippen molar-refractivity contribution in [3.8, 4) is 0 Å². The summed E-state index contributed by atoms with van der Waals surface area (Å²) in [5.41, 5.74) is 0.448. The van der Waals surface area contributed by atoms with Crippen LogP contribution in [0.3, 0.4) is 0 Å². The summed E-state index contributed by atoms with van der Waals surface area (Å²) in [5.74, 6) is -2.01. The minimum atomic E-state index is -0.893. The van der Waals surface area contributed by atoms with Crippen molar-refractivity contribution in [3.05, 3.63) is 18.0 Å². The molecule has 2 N–H and O–H groups in total. The SMILES string of the molecule is CN(Cc1cn[nH]c1)C(=O)[C@H]1[C@@H](C(=O)O)C1(C)C. The summed E-state index contributed by atoms with van der Waals surface area (Å²) in [4.78, 5) is 24.8. The van der Waals surface area contributed by atoms with E-state index < -0.39 is 23.2 Å². The van der Waals surface area contributed by atoms with Gasteiger partial charge in [0.2, 0.25) is 5.91 Å². The molecular formula is C12H17N3O3. The number of carbonyl (C=O) groups is 2. The number of rotatable bonds is 4. The van der Waals surface area contributed by atoms with E-state index >= 15 is 0 Å². The van der Waals surface area contributed by atoms with Crippen molar-refractivity contribution >= 4 is 11.9 Å². The Morgan fingerprint density at radius 3 is 2.61 bits per heavy atom. The van der Waals surface area contributed by atoms with E-state index in [1.165, 1.54) is 0 Å². The first-order valence-electron chi connectivity index (χ1n) is 5.81. The summed E-state index contributed by atoms with van der Waals surface area (Å²) in [6, 6.07) is 0. The number of aromatic nitrogens is 2. The van der Waals surface area contributed by atoms with Gasteiger partial charge in [0.1, 0.15) is 0 Å². The van der Waals surface area contributed by atoms with Gasteiger partial charge in [-0.3, -0.25) is 14.7 Å². The van der Waals surface area contributed by atoms with Gasteiger partial charge in [-0.2, -0.15) is 5.10 Å². The highest BCUT2D eigenvalue weighted by Gasteiger charge is 2.66. The molecule has 18 heavy (non-hydrogen) atoms. The standard InChI is InChI=1S/C12H17N3O3/c1-12(2)8(9(12)11(17)18)10(16)15(3)6-7-4-13-14-5-7/h4-5,8-9H,6H2,1-3H3,(H,13,14)(H,17,18)/t8-,9+/m1/s1. The van der Waals surface area contributed by atoms with E-state index in [0.29, 0.717) is 6.54 Å². The molecule has 1 aliphatic carbocycles. The van der Waals surface area contributed by atoms with Crippen LogP contribution in [0.15, 0.2) is 12.4 Å². The molecule has 6 heteroatoms. The molecule has 1 aromatic rings. The van der Waals surface area contributed by atoms with E-state index in [2.05, 4.69) is 10.2 Å². The summed E-state index contributed by atoms with van der Waals surface area (Å²) in [6.07, 6.45) is 3.37. The van der Waals surface area contributed by atoms with E-state index in [4.69, 9.17) is 5.11 Å². The van der Waals surface area contributed by atoms with E-state index in [0.717, 1.165) is 5.56 Å². The number of hydrogen-bond donors (Lipinski definition) is 2. The highest BCUT2D eigenvalue weighted by Crippen LogP contribution is 2.58. The van der Waals surface area contributed by atoms with Crippen LogP contribution in [0.1, 0.15) is 19.4 Å². The van der Waals surface area contributed by atoms with Gasteiger partial charge in [0.15, 0.2) is 0 Å². The maximum absolute atomic E-state index is 12.2. The van der Waals surface area contributed by atoms with Crippen molar-refractivity contribution in [1.82, 2.24) is 15.1 Å². The lowest BCUT2D eigenvalue weighted by Crippen LogP contribution is -2.29. The van der Waals surface area contributed by atoms with Gasteiger partial charge < -0.3 is 10.0 Å². The van der Waals surface area contributed by atoms with Gasteiger partial charge in [0.25, 0.3) is 0 Å². The number of aromatic amines is 1. The molecule has 1 aromatic heterocycles. The van der Waals surface area contributed by atoms with Crippen LogP contribution in [0, 0.1) is 17.3 Å². The number of carbonyl (C=O) groups excluding carboxylic acids is 1. The maximum Gasteiger partial charge on any atom is 0.307 e. The molecule has 98 valence electrons. The Morgan fingerprint density at radius 2 is 2.17 bits per heavy atom. The Kier molecular flexibility index (Phi) is 2.88. The van der Waals surface area contributed by atoms with Crippen LogP contribution in [-0.2, 0) is 16.1 Å². The minimum Gasteiger partial charge on any atom is -0.481 e. The third kappa shape index (κ3) is 1.98. The molecule has 0 aromatic carbocycles. The number of nitrogens with zero attached hydrogens (tertiary/aromatic N) is 2. The smallest absolute Gasteiger partial charge is 0.307 e. The third-order valence-corrected chi connectivity index (χ3v) is 3.71. The summed E-state index contributed by atoms with van der Waals surface area (Å²) >= 11 is 0. The molecule has 1 amide bonds. The summed E-state index contributed by atoms with van der Waals surface area (Å²) in [6.45, 7) is 4.08. The van der Waals surface area contributed by atoms with Crippen molar-refractivity contribution in [2.45, 2.75) is 20.4 Å². The molecule has 1 saturated carbocycles. The van der Waals surface area contributed by atoms with E-state index in [1.54, 1.807) is 24.3 Å². The van der Waals surface area contributed by atoms with Gasteiger partial charge in [0.05, 0.1) is 18.0 Å². The van der Waals surface area contributed by atoms with Gasteiger partial charge in [-0.15, -0.1) is 0 Å². The van der Waals surface area contributed by atoms with Crippen molar-refractivity contribution in [2.75, 3.05) is 7.05 Å². The molecule has 1 heterocycles. The second kappa shape index (κ2) is 4.12. The van der Waals surface area contributed by atoms with Crippen LogP contribution >= 0.6 is 0 Å². The van der Waals surface area contributed by atoms with Crippen LogP contribution in [0.2, 0.25) is 0 Å². The molecule has 0 radical (unpaired) electrons. The summed E-state index contributed by atoms with van der Waals surface area (Å²) in [7, 11) is 1.68. The molecule has 0 saturated heterocycles. The quantitative estimate of drug-likeness (QED) is 0.825. The predicted octanol–water partition coefficient (Wildman–Crippen LogP) is 0.725. The molecule has 2 atom stereocenters. The number of carboxylic acids is 1. The minimum absolute atomic E-state index is 0.117. The van der Waals surface area contributed by atoms with Crippen LogP contribution in [0.25, 0.3) is 0 Å². The average Bonchev–Trinajstić information content (AvgIpc) is 2.63. The fourth-order valence-electron chi connectivity index (χ4n) is 2.51. The van der Waals surface area contributed by atoms with Gasteiger partial charge >= 0.3 is 5.97 Å². The zero-order chi connectivity index (χ0) is 13.5. The monoisotopic (exact) mass is 251 g/mol. The first-order chi connectivity index (χ1) is 8.35. The number of nitrogens with one attached hydrogen (secondary N) is 1. The Bertz CT molecular complexity index is 467. The van der Waals surface area contributed by atoms with Crippen LogP contribution < -0.4 is 0 Å². The maximum atomic E-state index is 12.2. The lowest BCUT2D eigenvalue weighted by atomic mass is 10.1. The van der Waals surface area contributed by atoms with Crippen molar-refractivity contribution in [2.24, 2.45) is 17.3 Å². The highest BCUT2D eigenvalue weighted by atomic mass is 16.4. The number of aliphatic carboxylic acids is 1. The zero-order valence-electron chi connectivity index (χ0n) is 10.7. The molecular weight excluding hydrogens is 234 g/mol. The van der Waals surface area contributed by atoms with Gasteiger partial charge in [-0.1, -0.05) is 13.8 Å². The Morgan fingerprint density at radius 1 is 1.50 bits per heavy atom. The molecule has 0 aliphatic heterocycles. The molecule has 0 unspecified atom stereocenters. The average molecular weight is 251 g/mol. The zero-order valence-corrected chi connectivity index (χ0v) is 10.7. The number of amides is 1. The van der Waals surface area contributed by atoms with Crippen molar-refractivity contribution in [3.63, 3.8) is 0 Å².